The summed E-state index contributed by atoms with van der Waals surface area (Å²) in [5, 5.41) is 4.83. The molecule has 0 unspecified atom stereocenters. The van der Waals surface area contributed by atoms with Gasteiger partial charge in [-0.2, -0.15) is 15.1 Å². The largest absolute Gasteiger partial charge is 0.467 e. The average Bonchev–Trinajstić information content (AvgIpc) is 2.87. The van der Waals surface area contributed by atoms with Gasteiger partial charge in [0, 0.05) is 31.7 Å². The zero-order valence-electron chi connectivity index (χ0n) is 11.7. The van der Waals surface area contributed by atoms with E-state index in [1.54, 1.807) is 6.20 Å². The summed E-state index contributed by atoms with van der Waals surface area (Å²) in [6.07, 6.45) is 3.46. The molecule has 9 heteroatoms. The highest BCUT2D eigenvalue weighted by molar-refractivity contribution is 6.30. The fourth-order valence-electron chi connectivity index (χ4n) is 2.20. The molecule has 1 aliphatic heterocycles. The van der Waals surface area contributed by atoms with Crippen molar-refractivity contribution in [2.24, 2.45) is 5.92 Å². The molecule has 112 valence electrons. The maximum Gasteiger partial charge on any atom is 0.324 e. The number of methoxy groups -OCH3 is 2. The van der Waals surface area contributed by atoms with Gasteiger partial charge in [0.05, 0.1) is 25.4 Å². The number of rotatable bonds is 5. The highest BCUT2D eigenvalue weighted by Gasteiger charge is 2.30. The minimum Gasteiger partial charge on any atom is -0.467 e. The smallest absolute Gasteiger partial charge is 0.324 e. The SMILES string of the molecule is COc1nc(OC)nc(N2CC(Cn3cc(Cl)cn3)C2)n1. The second-order valence-corrected chi connectivity index (χ2v) is 5.20. The minimum absolute atomic E-state index is 0.249. The first-order valence-corrected chi connectivity index (χ1v) is 6.82. The molecule has 0 aromatic carbocycles. The summed E-state index contributed by atoms with van der Waals surface area (Å²) in [6.45, 7) is 2.50. The maximum atomic E-state index is 5.85. The van der Waals surface area contributed by atoms with E-state index in [0.29, 0.717) is 16.9 Å². The van der Waals surface area contributed by atoms with E-state index < -0.39 is 0 Å². The molecule has 1 saturated heterocycles. The first-order chi connectivity index (χ1) is 10.2. The third-order valence-electron chi connectivity index (χ3n) is 3.23. The van der Waals surface area contributed by atoms with E-state index >= 15 is 0 Å². The van der Waals surface area contributed by atoms with Crippen LogP contribution in [0.15, 0.2) is 12.4 Å². The molecule has 3 rings (SSSR count). The molecule has 0 saturated carbocycles. The molecule has 2 aromatic rings. The Bertz CT molecular complexity index is 606. The minimum atomic E-state index is 0.249. The fourth-order valence-corrected chi connectivity index (χ4v) is 2.36. The molecular formula is C12H15ClN6O2. The van der Waals surface area contributed by atoms with Crippen LogP contribution in [0, 0.1) is 5.92 Å². The fraction of sp³-hybridized carbons (Fsp3) is 0.500. The Kier molecular flexibility index (Phi) is 3.78. The van der Waals surface area contributed by atoms with E-state index in [0.717, 1.165) is 19.6 Å². The van der Waals surface area contributed by atoms with E-state index in [9.17, 15) is 0 Å². The summed E-state index contributed by atoms with van der Waals surface area (Å²) < 4.78 is 11.9. The Labute approximate surface area is 126 Å². The van der Waals surface area contributed by atoms with Crippen LogP contribution >= 0.6 is 11.6 Å². The highest BCUT2D eigenvalue weighted by atomic mass is 35.5. The summed E-state index contributed by atoms with van der Waals surface area (Å²) in [7, 11) is 3.03. The molecule has 0 radical (unpaired) electrons. The number of halogens is 1. The van der Waals surface area contributed by atoms with Crippen LogP contribution in [0.1, 0.15) is 0 Å². The first kappa shape index (κ1) is 13.9. The molecule has 2 aromatic heterocycles. The Morgan fingerprint density at radius 2 is 1.86 bits per heavy atom. The van der Waals surface area contributed by atoms with Crippen molar-refractivity contribution in [2.75, 3.05) is 32.2 Å². The molecule has 0 bridgehead atoms. The van der Waals surface area contributed by atoms with Crippen LogP contribution in [0.5, 0.6) is 12.0 Å². The summed E-state index contributed by atoms with van der Waals surface area (Å²) in [5.74, 6) is 1.04. The lowest BCUT2D eigenvalue weighted by atomic mass is 10.0. The zero-order valence-corrected chi connectivity index (χ0v) is 12.5. The van der Waals surface area contributed by atoms with E-state index in [1.165, 1.54) is 14.2 Å². The van der Waals surface area contributed by atoms with Crippen LogP contribution in [-0.2, 0) is 6.54 Å². The summed E-state index contributed by atoms with van der Waals surface area (Å²) in [6, 6.07) is 0.498. The van der Waals surface area contributed by atoms with Crippen molar-refractivity contribution in [3.05, 3.63) is 17.4 Å². The molecule has 1 fully saturated rings. The molecule has 0 aliphatic carbocycles. The predicted molar refractivity (Wildman–Crippen MR) is 75.9 cm³/mol. The van der Waals surface area contributed by atoms with Crippen molar-refractivity contribution < 1.29 is 9.47 Å². The van der Waals surface area contributed by atoms with Gasteiger partial charge in [0.25, 0.3) is 0 Å². The standard InChI is InChI=1S/C12H15ClN6O2/c1-20-11-15-10(16-12(17-11)21-2)18-4-8(5-18)6-19-7-9(13)3-14-19/h3,7-8H,4-6H2,1-2H3. The van der Waals surface area contributed by atoms with Gasteiger partial charge in [-0.05, 0) is 0 Å². The zero-order chi connectivity index (χ0) is 14.8. The van der Waals surface area contributed by atoms with Crippen molar-refractivity contribution in [3.8, 4) is 12.0 Å². The number of nitrogens with zero attached hydrogens (tertiary/aromatic N) is 6. The maximum absolute atomic E-state index is 5.85. The van der Waals surface area contributed by atoms with Gasteiger partial charge in [0.15, 0.2) is 0 Å². The van der Waals surface area contributed by atoms with Gasteiger partial charge >= 0.3 is 12.0 Å². The summed E-state index contributed by atoms with van der Waals surface area (Å²) in [4.78, 5) is 14.5. The van der Waals surface area contributed by atoms with Crippen LogP contribution < -0.4 is 14.4 Å². The van der Waals surface area contributed by atoms with Crippen molar-refractivity contribution >= 4 is 17.5 Å². The second kappa shape index (κ2) is 5.72. The van der Waals surface area contributed by atoms with Crippen LogP contribution in [0.3, 0.4) is 0 Å². The van der Waals surface area contributed by atoms with Gasteiger partial charge in [-0.1, -0.05) is 11.6 Å². The Balaban J connectivity index is 1.63. The van der Waals surface area contributed by atoms with Crippen molar-refractivity contribution in [2.45, 2.75) is 6.54 Å². The van der Waals surface area contributed by atoms with Gasteiger partial charge in [-0.25, -0.2) is 0 Å². The molecule has 8 nitrogen and oxygen atoms in total. The highest BCUT2D eigenvalue weighted by Crippen LogP contribution is 2.25. The average molecular weight is 311 g/mol. The Morgan fingerprint density at radius 3 is 2.38 bits per heavy atom. The summed E-state index contributed by atoms with van der Waals surface area (Å²) >= 11 is 5.85. The lowest BCUT2D eigenvalue weighted by molar-refractivity contribution is 0.320. The Hall–Kier alpha value is -2.09. The third-order valence-corrected chi connectivity index (χ3v) is 3.43. The van der Waals surface area contributed by atoms with E-state index in [2.05, 4.69) is 20.1 Å². The van der Waals surface area contributed by atoms with Crippen molar-refractivity contribution in [1.82, 2.24) is 24.7 Å². The molecule has 0 N–H and O–H groups in total. The van der Waals surface area contributed by atoms with Gasteiger partial charge in [-0.3, -0.25) is 4.68 Å². The Morgan fingerprint density at radius 1 is 1.19 bits per heavy atom. The number of hydrogen-bond acceptors (Lipinski definition) is 7. The van der Waals surface area contributed by atoms with Crippen molar-refractivity contribution in [3.63, 3.8) is 0 Å². The van der Waals surface area contributed by atoms with Crippen LogP contribution in [0.2, 0.25) is 5.02 Å². The van der Waals surface area contributed by atoms with Crippen molar-refractivity contribution in [1.29, 1.82) is 0 Å². The number of aromatic nitrogens is 5. The lowest BCUT2D eigenvalue weighted by Crippen LogP contribution is -2.49. The predicted octanol–water partition coefficient (Wildman–Crippen LogP) is 0.875. The number of anilines is 1. The molecule has 0 amide bonds. The van der Waals surface area contributed by atoms with E-state index in [4.69, 9.17) is 21.1 Å². The van der Waals surface area contributed by atoms with E-state index in [1.807, 2.05) is 15.8 Å². The molecular weight excluding hydrogens is 296 g/mol. The van der Waals surface area contributed by atoms with Crippen LogP contribution in [-0.4, -0.2) is 52.0 Å². The molecule has 3 heterocycles. The molecule has 1 aliphatic rings. The normalized spacial score (nSPS) is 14.9. The van der Waals surface area contributed by atoms with Gasteiger partial charge < -0.3 is 14.4 Å². The second-order valence-electron chi connectivity index (χ2n) is 4.76. The number of hydrogen-bond donors (Lipinski definition) is 0. The molecule has 0 spiro atoms. The van der Waals surface area contributed by atoms with Gasteiger partial charge in [-0.15, -0.1) is 4.98 Å². The van der Waals surface area contributed by atoms with Crippen LogP contribution in [0.4, 0.5) is 5.95 Å². The number of ether oxygens (including phenoxy) is 2. The first-order valence-electron chi connectivity index (χ1n) is 6.45. The molecule has 21 heavy (non-hydrogen) atoms. The summed E-state index contributed by atoms with van der Waals surface area (Å²) in [5.41, 5.74) is 0. The molecule has 0 atom stereocenters. The monoisotopic (exact) mass is 310 g/mol. The quantitative estimate of drug-likeness (QED) is 0.811. The third kappa shape index (κ3) is 2.99. The van der Waals surface area contributed by atoms with E-state index in [-0.39, 0.29) is 12.0 Å². The lowest BCUT2D eigenvalue weighted by Gasteiger charge is -2.39. The van der Waals surface area contributed by atoms with Crippen LogP contribution in [0.25, 0.3) is 0 Å². The topological polar surface area (TPSA) is 78.2 Å². The van der Waals surface area contributed by atoms with Gasteiger partial charge in [0.1, 0.15) is 0 Å². The van der Waals surface area contributed by atoms with Gasteiger partial charge in [0.2, 0.25) is 5.95 Å².